The Morgan fingerprint density at radius 3 is 2.71 bits per heavy atom. The summed E-state index contributed by atoms with van der Waals surface area (Å²) in [6.45, 7) is 3.37. The van der Waals surface area contributed by atoms with Gasteiger partial charge in [0, 0.05) is 23.8 Å². The molecule has 2 atom stereocenters. The Balaban J connectivity index is 1.60. The Kier molecular flexibility index (Phi) is 4.10. The lowest BCUT2D eigenvalue weighted by molar-refractivity contribution is 0.523. The van der Waals surface area contributed by atoms with Crippen LogP contribution in [-0.4, -0.2) is 28.8 Å². The van der Waals surface area contributed by atoms with Crippen molar-refractivity contribution in [3.63, 3.8) is 0 Å². The lowest BCUT2D eigenvalue weighted by Crippen LogP contribution is -2.29. The molecule has 0 amide bonds. The second-order valence-corrected chi connectivity index (χ2v) is 5.82. The molecule has 4 N–H and O–H groups in total. The number of H-pyrrole nitrogens is 2. The molecule has 112 valence electrons. The van der Waals surface area contributed by atoms with Gasteiger partial charge in [0.25, 0.3) is 5.56 Å². The highest BCUT2D eigenvalue weighted by atomic mass is 16.1. The van der Waals surface area contributed by atoms with Crippen LogP contribution in [-0.2, 0) is 0 Å². The van der Waals surface area contributed by atoms with Crippen LogP contribution in [0.3, 0.4) is 0 Å². The first-order valence-electron chi connectivity index (χ1n) is 7.59. The fourth-order valence-corrected chi connectivity index (χ4v) is 2.96. The summed E-state index contributed by atoms with van der Waals surface area (Å²) in [7, 11) is 0. The van der Waals surface area contributed by atoms with E-state index in [1.54, 1.807) is 6.07 Å². The molecule has 1 aromatic carbocycles. The molecule has 2 unspecified atom stereocenters. The molecule has 1 fully saturated rings. The summed E-state index contributed by atoms with van der Waals surface area (Å²) < 4.78 is 0. The van der Waals surface area contributed by atoms with Crippen molar-refractivity contribution in [3.05, 3.63) is 40.7 Å². The van der Waals surface area contributed by atoms with Crippen LogP contribution in [0.1, 0.15) is 26.2 Å². The Bertz CT molecular complexity index is 622. The van der Waals surface area contributed by atoms with E-state index in [-0.39, 0.29) is 5.56 Å². The van der Waals surface area contributed by atoms with Crippen LogP contribution in [0.5, 0.6) is 0 Å². The van der Waals surface area contributed by atoms with Crippen molar-refractivity contribution < 1.29 is 0 Å². The van der Waals surface area contributed by atoms with Gasteiger partial charge in [0.05, 0.1) is 5.69 Å². The smallest absolute Gasteiger partial charge is 0.264 e. The van der Waals surface area contributed by atoms with E-state index < -0.39 is 0 Å². The molecule has 2 aromatic rings. The fraction of sp³-hybridized carbons (Fsp3) is 0.438. The number of nitrogens with one attached hydrogen (secondary N) is 4. The number of aromatic amines is 2. The number of anilines is 1. The molecule has 2 heterocycles. The lowest BCUT2D eigenvalue weighted by Gasteiger charge is -2.19. The molecule has 5 nitrogen and oxygen atoms in total. The quantitative estimate of drug-likeness (QED) is 0.681. The number of aromatic nitrogens is 2. The van der Waals surface area contributed by atoms with E-state index in [1.807, 2.05) is 12.1 Å². The Hall–Kier alpha value is -2.01. The first kappa shape index (κ1) is 13.9. The highest BCUT2D eigenvalue weighted by molar-refractivity contribution is 5.62. The molecular formula is C16H22N4O. The van der Waals surface area contributed by atoms with E-state index in [9.17, 15) is 4.79 Å². The number of hydrogen-bond acceptors (Lipinski definition) is 3. The van der Waals surface area contributed by atoms with Crippen LogP contribution in [0.15, 0.2) is 35.1 Å². The first-order chi connectivity index (χ1) is 10.2. The van der Waals surface area contributed by atoms with Crippen LogP contribution >= 0.6 is 0 Å². The van der Waals surface area contributed by atoms with Crippen LogP contribution in [0.2, 0.25) is 0 Å². The average molecular weight is 286 g/mol. The lowest BCUT2D eigenvalue weighted by atomic mass is 10.1. The van der Waals surface area contributed by atoms with Crippen molar-refractivity contribution >= 4 is 5.69 Å². The molecule has 3 rings (SSSR count). The number of hydrogen-bond donors (Lipinski definition) is 4. The summed E-state index contributed by atoms with van der Waals surface area (Å²) >= 11 is 0. The third kappa shape index (κ3) is 3.55. The Morgan fingerprint density at radius 2 is 2.10 bits per heavy atom. The maximum absolute atomic E-state index is 11.1. The van der Waals surface area contributed by atoms with Gasteiger partial charge < -0.3 is 10.6 Å². The van der Waals surface area contributed by atoms with Gasteiger partial charge in [-0.3, -0.25) is 15.0 Å². The molecule has 1 aromatic heterocycles. The third-order valence-corrected chi connectivity index (χ3v) is 4.01. The van der Waals surface area contributed by atoms with Gasteiger partial charge >= 0.3 is 0 Å². The summed E-state index contributed by atoms with van der Waals surface area (Å²) in [6, 6.07) is 10.8. The van der Waals surface area contributed by atoms with Crippen LogP contribution in [0.25, 0.3) is 11.3 Å². The van der Waals surface area contributed by atoms with Gasteiger partial charge in [-0.2, -0.15) is 0 Å². The van der Waals surface area contributed by atoms with Crippen LogP contribution in [0, 0.1) is 0 Å². The number of benzene rings is 1. The van der Waals surface area contributed by atoms with Gasteiger partial charge in [0.15, 0.2) is 0 Å². The standard InChI is InChI=1S/C16H22N4O/c1-11(9-14-3-2-8-17-14)18-13-6-4-12(5-7-13)15-10-16(21)20-19-15/h4-7,10-11,14,17-18H,2-3,8-9H2,1H3,(H2,19,20,21). The van der Waals surface area contributed by atoms with Gasteiger partial charge in [-0.15, -0.1) is 0 Å². The highest BCUT2D eigenvalue weighted by Crippen LogP contribution is 2.20. The molecule has 0 aliphatic carbocycles. The van der Waals surface area contributed by atoms with E-state index >= 15 is 0 Å². The summed E-state index contributed by atoms with van der Waals surface area (Å²) in [4.78, 5) is 11.1. The van der Waals surface area contributed by atoms with Gasteiger partial charge in [0.1, 0.15) is 0 Å². The topological polar surface area (TPSA) is 72.7 Å². The molecule has 1 saturated heterocycles. The van der Waals surface area contributed by atoms with E-state index in [1.165, 1.54) is 12.8 Å². The fourth-order valence-electron chi connectivity index (χ4n) is 2.96. The predicted octanol–water partition coefficient (Wildman–Crippen LogP) is 2.31. The van der Waals surface area contributed by atoms with Gasteiger partial charge in [-0.05, 0) is 50.4 Å². The highest BCUT2D eigenvalue weighted by Gasteiger charge is 2.16. The average Bonchev–Trinajstić information content (AvgIpc) is 3.11. The molecule has 1 aliphatic heterocycles. The molecule has 5 heteroatoms. The van der Waals surface area contributed by atoms with Gasteiger partial charge in [0.2, 0.25) is 0 Å². The third-order valence-electron chi connectivity index (χ3n) is 4.01. The summed E-state index contributed by atoms with van der Waals surface area (Å²) in [5, 5.41) is 12.5. The van der Waals surface area contributed by atoms with Gasteiger partial charge in [-0.25, -0.2) is 0 Å². The van der Waals surface area contributed by atoms with Crippen molar-refractivity contribution in [2.24, 2.45) is 0 Å². The van der Waals surface area contributed by atoms with E-state index in [0.29, 0.717) is 12.1 Å². The second-order valence-electron chi connectivity index (χ2n) is 5.82. The van der Waals surface area contributed by atoms with Crippen molar-refractivity contribution in [3.8, 4) is 11.3 Å². The minimum atomic E-state index is -0.107. The van der Waals surface area contributed by atoms with Crippen molar-refractivity contribution in [1.82, 2.24) is 15.5 Å². The summed E-state index contributed by atoms with van der Waals surface area (Å²) in [6.07, 6.45) is 3.72. The van der Waals surface area contributed by atoms with Crippen LogP contribution in [0.4, 0.5) is 5.69 Å². The molecule has 0 spiro atoms. The van der Waals surface area contributed by atoms with Crippen LogP contribution < -0.4 is 16.2 Å². The summed E-state index contributed by atoms with van der Waals surface area (Å²) in [5.74, 6) is 0. The zero-order valence-corrected chi connectivity index (χ0v) is 12.3. The zero-order chi connectivity index (χ0) is 14.7. The Labute approximate surface area is 124 Å². The SMILES string of the molecule is CC(CC1CCCN1)Nc1ccc(-c2cc(=O)[nH][nH]2)cc1. The second kappa shape index (κ2) is 6.18. The Morgan fingerprint density at radius 1 is 1.29 bits per heavy atom. The van der Waals surface area contributed by atoms with E-state index in [2.05, 4.69) is 39.9 Å². The maximum Gasteiger partial charge on any atom is 0.264 e. The maximum atomic E-state index is 11.1. The largest absolute Gasteiger partial charge is 0.383 e. The van der Waals surface area contributed by atoms with E-state index in [4.69, 9.17) is 0 Å². The molecule has 1 aliphatic rings. The minimum Gasteiger partial charge on any atom is -0.383 e. The zero-order valence-electron chi connectivity index (χ0n) is 12.3. The molecular weight excluding hydrogens is 264 g/mol. The predicted molar refractivity (Wildman–Crippen MR) is 85.6 cm³/mol. The van der Waals surface area contributed by atoms with Crippen molar-refractivity contribution in [1.29, 1.82) is 0 Å². The molecule has 0 saturated carbocycles. The number of rotatable bonds is 5. The molecule has 0 radical (unpaired) electrons. The molecule has 0 bridgehead atoms. The normalized spacial score (nSPS) is 19.6. The molecule has 21 heavy (non-hydrogen) atoms. The first-order valence-corrected chi connectivity index (χ1v) is 7.59. The monoisotopic (exact) mass is 286 g/mol. The summed E-state index contributed by atoms with van der Waals surface area (Å²) in [5.41, 5.74) is 2.82. The minimum absolute atomic E-state index is 0.107. The van der Waals surface area contributed by atoms with E-state index in [0.717, 1.165) is 29.9 Å². The van der Waals surface area contributed by atoms with Crippen molar-refractivity contribution in [2.45, 2.75) is 38.3 Å². The van der Waals surface area contributed by atoms with Gasteiger partial charge in [-0.1, -0.05) is 12.1 Å². The van der Waals surface area contributed by atoms with Crippen molar-refractivity contribution in [2.75, 3.05) is 11.9 Å².